The Bertz CT molecular complexity index is 548. The van der Waals surface area contributed by atoms with Crippen LogP contribution in [-0.4, -0.2) is 7.11 Å². The molecule has 94 valence electrons. The van der Waals surface area contributed by atoms with Gasteiger partial charge in [0.05, 0.1) is 7.11 Å². The number of pyridine rings is 1. The number of halogens is 1. The first-order valence-electron chi connectivity index (χ1n) is 5.34. The van der Waals surface area contributed by atoms with E-state index in [0.717, 1.165) is 16.0 Å². The molecule has 3 nitrogen and oxygen atoms in total. The maximum absolute atomic E-state index is 11.5. The van der Waals surface area contributed by atoms with E-state index in [1.807, 2.05) is 18.2 Å². The van der Waals surface area contributed by atoms with Gasteiger partial charge >= 0.3 is 0 Å². The summed E-state index contributed by atoms with van der Waals surface area (Å²) >= 11 is 7.41. The van der Waals surface area contributed by atoms with Crippen molar-refractivity contribution in [1.82, 2.24) is 0 Å². The first-order valence-corrected chi connectivity index (χ1v) is 6.70. The van der Waals surface area contributed by atoms with Crippen molar-refractivity contribution in [3.8, 4) is 5.75 Å². The molecule has 0 radical (unpaired) electrons. The SMILES string of the molecule is COc1ccc(Cl)cc1CSc1cccc[n+]1[O-]. The molecule has 1 aromatic heterocycles. The van der Waals surface area contributed by atoms with Gasteiger partial charge < -0.3 is 9.94 Å². The number of rotatable bonds is 4. The fourth-order valence-corrected chi connectivity index (χ4v) is 2.62. The summed E-state index contributed by atoms with van der Waals surface area (Å²) in [5.74, 6) is 1.41. The second-order valence-electron chi connectivity index (χ2n) is 3.61. The molecule has 0 saturated carbocycles. The van der Waals surface area contributed by atoms with Crippen molar-refractivity contribution in [2.75, 3.05) is 7.11 Å². The Morgan fingerprint density at radius 1 is 1.33 bits per heavy atom. The van der Waals surface area contributed by atoms with Crippen LogP contribution in [0, 0.1) is 5.21 Å². The maximum Gasteiger partial charge on any atom is 0.251 e. The van der Waals surface area contributed by atoms with Crippen molar-refractivity contribution in [1.29, 1.82) is 0 Å². The zero-order chi connectivity index (χ0) is 13.0. The van der Waals surface area contributed by atoms with Crippen LogP contribution in [0.3, 0.4) is 0 Å². The van der Waals surface area contributed by atoms with Crippen molar-refractivity contribution in [2.24, 2.45) is 0 Å². The van der Waals surface area contributed by atoms with Crippen molar-refractivity contribution < 1.29 is 9.47 Å². The summed E-state index contributed by atoms with van der Waals surface area (Å²) in [7, 11) is 1.62. The van der Waals surface area contributed by atoms with Crippen LogP contribution in [0.25, 0.3) is 0 Å². The van der Waals surface area contributed by atoms with Gasteiger partial charge in [0.2, 0.25) is 0 Å². The number of aromatic nitrogens is 1. The summed E-state index contributed by atoms with van der Waals surface area (Å²) < 4.78 is 6.11. The van der Waals surface area contributed by atoms with E-state index in [2.05, 4.69) is 0 Å². The Kier molecular flexibility index (Phi) is 4.33. The lowest BCUT2D eigenvalue weighted by molar-refractivity contribution is -0.645. The van der Waals surface area contributed by atoms with Crippen molar-refractivity contribution in [3.05, 3.63) is 58.4 Å². The second kappa shape index (κ2) is 5.98. The van der Waals surface area contributed by atoms with E-state index in [1.165, 1.54) is 18.0 Å². The molecule has 0 spiro atoms. The average molecular weight is 282 g/mol. The Balaban J connectivity index is 2.15. The number of nitrogens with zero attached hydrogens (tertiary/aromatic N) is 1. The van der Waals surface area contributed by atoms with Crippen LogP contribution in [0.1, 0.15) is 5.56 Å². The zero-order valence-electron chi connectivity index (χ0n) is 9.80. The first kappa shape index (κ1) is 13.1. The maximum atomic E-state index is 11.5. The third-order valence-corrected chi connectivity index (χ3v) is 3.71. The summed E-state index contributed by atoms with van der Waals surface area (Å²) in [4.78, 5) is 0. The highest BCUT2D eigenvalue weighted by Gasteiger charge is 2.09. The van der Waals surface area contributed by atoms with Crippen molar-refractivity contribution >= 4 is 23.4 Å². The zero-order valence-corrected chi connectivity index (χ0v) is 11.4. The van der Waals surface area contributed by atoms with Crippen molar-refractivity contribution in [3.63, 3.8) is 0 Å². The minimum atomic E-state index is 0.635. The van der Waals surface area contributed by atoms with Gasteiger partial charge in [0.15, 0.2) is 6.20 Å². The fraction of sp³-hybridized carbons (Fsp3) is 0.154. The number of hydrogen-bond donors (Lipinski definition) is 0. The lowest BCUT2D eigenvalue weighted by Gasteiger charge is -2.08. The molecule has 0 fully saturated rings. The van der Waals surface area contributed by atoms with Crippen LogP contribution < -0.4 is 9.47 Å². The summed E-state index contributed by atoms with van der Waals surface area (Å²) in [6.45, 7) is 0. The third kappa shape index (κ3) is 3.09. The lowest BCUT2D eigenvalue weighted by Crippen LogP contribution is -2.27. The van der Waals surface area contributed by atoms with Gasteiger partial charge in [-0.05, 0) is 24.3 Å². The molecule has 0 amide bonds. The molecular formula is C13H12ClNO2S. The monoisotopic (exact) mass is 281 g/mol. The second-order valence-corrected chi connectivity index (χ2v) is 5.04. The van der Waals surface area contributed by atoms with Gasteiger partial charge in [-0.3, -0.25) is 0 Å². The van der Waals surface area contributed by atoms with Crippen LogP contribution in [0.2, 0.25) is 5.02 Å². The van der Waals surface area contributed by atoms with Crippen LogP contribution in [0.15, 0.2) is 47.6 Å². The van der Waals surface area contributed by atoms with E-state index in [1.54, 1.807) is 25.3 Å². The van der Waals surface area contributed by atoms with Gasteiger partial charge in [-0.2, -0.15) is 4.73 Å². The number of thioether (sulfide) groups is 1. The van der Waals surface area contributed by atoms with E-state index in [0.29, 0.717) is 15.8 Å². The summed E-state index contributed by atoms with van der Waals surface area (Å²) in [6, 6.07) is 10.8. The average Bonchev–Trinajstić information content (AvgIpc) is 2.38. The van der Waals surface area contributed by atoms with Crippen LogP contribution >= 0.6 is 23.4 Å². The molecule has 1 aromatic carbocycles. The van der Waals surface area contributed by atoms with Crippen LogP contribution in [0.4, 0.5) is 0 Å². The van der Waals surface area contributed by atoms with Gasteiger partial charge in [0.1, 0.15) is 5.75 Å². The predicted octanol–water partition coefficient (Wildman–Crippen LogP) is 3.27. The number of methoxy groups -OCH3 is 1. The van der Waals surface area contributed by atoms with E-state index in [4.69, 9.17) is 16.3 Å². The molecule has 2 aromatic rings. The molecule has 1 heterocycles. The van der Waals surface area contributed by atoms with Crippen molar-refractivity contribution in [2.45, 2.75) is 10.8 Å². The van der Waals surface area contributed by atoms with Crippen LogP contribution in [0.5, 0.6) is 5.75 Å². The van der Waals surface area contributed by atoms with Gasteiger partial charge in [-0.25, -0.2) is 0 Å². The molecular weight excluding hydrogens is 270 g/mol. The minimum absolute atomic E-state index is 0.635. The Morgan fingerprint density at radius 3 is 2.89 bits per heavy atom. The molecule has 0 atom stereocenters. The fourth-order valence-electron chi connectivity index (χ4n) is 1.54. The smallest absolute Gasteiger partial charge is 0.251 e. The summed E-state index contributed by atoms with van der Waals surface area (Å²) in [6.07, 6.45) is 1.48. The molecule has 18 heavy (non-hydrogen) atoms. The van der Waals surface area contributed by atoms with Crippen LogP contribution in [-0.2, 0) is 5.75 Å². The molecule has 0 aliphatic carbocycles. The Morgan fingerprint density at radius 2 is 2.17 bits per heavy atom. The largest absolute Gasteiger partial charge is 0.618 e. The highest BCUT2D eigenvalue weighted by atomic mass is 35.5. The van der Waals surface area contributed by atoms with E-state index in [-0.39, 0.29) is 0 Å². The van der Waals surface area contributed by atoms with Gasteiger partial charge in [0, 0.05) is 28.5 Å². The first-order chi connectivity index (χ1) is 8.70. The third-order valence-electron chi connectivity index (χ3n) is 2.41. The highest BCUT2D eigenvalue weighted by Crippen LogP contribution is 2.28. The predicted molar refractivity (Wildman–Crippen MR) is 73.0 cm³/mol. The molecule has 2 rings (SSSR count). The van der Waals surface area contributed by atoms with Gasteiger partial charge in [0.25, 0.3) is 5.03 Å². The summed E-state index contributed by atoms with van der Waals surface area (Å²) in [5, 5.41) is 12.8. The molecule has 0 saturated heterocycles. The Hall–Kier alpha value is -1.39. The molecule has 0 aliphatic rings. The Labute approximate surface area is 115 Å². The van der Waals surface area contributed by atoms with E-state index >= 15 is 0 Å². The van der Waals surface area contributed by atoms with E-state index in [9.17, 15) is 5.21 Å². The number of benzene rings is 1. The van der Waals surface area contributed by atoms with E-state index < -0.39 is 0 Å². The lowest BCUT2D eigenvalue weighted by atomic mass is 10.2. The summed E-state index contributed by atoms with van der Waals surface area (Å²) in [5.41, 5.74) is 0.971. The molecule has 5 heteroatoms. The standard InChI is InChI=1S/C13H12ClNO2S/c1-17-12-6-5-11(14)8-10(12)9-18-13-4-2-3-7-15(13)16/h2-8H,9H2,1H3. The number of ether oxygens (including phenoxy) is 1. The van der Waals surface area contributed by atoms with Gasteiger partial charge in [-0.1, -0.05) is 23.4 Å². The normalized spacial score (nSPS) is 10.3. The number of hydrogen-bond acceptors (Lipinski definition) is 3. The topological polar surface area (TPSA) is 36.2 Å². The molecule has 0 aliphatic heterocycles. The quantitative estimate of drug-likeness (QED) is 0.490. The van der Waals surface area contributed by atoms with Gasteiger partial charge in [-0.15, -0.1) is 0 Å². The molecule has 0 bridgehead atoms. The highest BCUT2D eigenvalue weighted by molar-refractivity contribution is 7.98. The minimum Gasteiger partial charge on any atom is -0.618 e. The molecule has 0 unspecified atom stereocenters. The molecule has 0 N–H and O–H groups in total.